The number of hydrogen-bond acceptors (Lipinski definition) is 8. The number of amides is 1. The van der Waals surface area contributed by atoms with Gasteiger partial charge >= 0.3 is 5.69 Å². The number of aromatic nitrogens is 4. The van der Waals surface area contributed by atoms with Crippen LogP contribution < -0.4 is 10.0 Å². The van der Waals surface area contributed by atoms with Gasteiger partial charge in [0, 0.05) is 12.1 Å². The molecule has 0 spiro atoms. The number of rotatable bonds is 8. The van der Waals surface area contributed by atoms with Crippen LogP contribution in [0.15, 0.2) is 47.5 Å². The summed E-state index contributed by atoms with van der Waals surface area (Å²) >= 11 is 5.62. The average Bonchev–Trinajstić information content (AvgIpc) is 3.09. The molecule has 162 valence electrons. The maximum atomic E-state index is 12.4. The van der Waals surface area contributed by atoms with Gasteiger partial charge in [0.15, 0.2) is 11.0 Å². The Kier molecular flexibility index (Phi) is 6.46. The Morgan fingerprint density at radius 1 is 1.19 bits per heavy atom. The van der Waals surface area contributed by atoms with Crippen LogP contribution in [-0.4, -0.2) is 39.2 Å². The highest BCUT2D eigenvalue weighted by molar-refractivity contribution is 7.92. The standard InChI is InChI=1S/C17H16ClN7O5S/c1-11-14(25(27)28)10-19-24(11)9-8-17(26)20-12-2-4-13(5-3-12)31(29,30)23-16-7-6-15(18)21-22-16/h2-7,10H,8-9H2,1H3,(H,20,26)(H,22,23). The van der Waals surface area contributed by atoms with Gasteiger partial charge in [0.25, 0.3) is 10.0 Å². The molecule has 0 fully saturated rings. The van der Waals surface area contributed by atoms with Crippen molar-refractivity contribution in [2.75, 3.05) is 10.0 Å². The molecule has 14 heteroatoms. The van der Waals surface area contributed by atoms with Gasteiger partial charge < -0.3 is 5.32 Å². The van der Waals surface area contributed by atoms with Gasteiger partial charge in [0.05, 0.1) is 16.4 Å². The molecule has 3 aromatic rings. The monoisotopic (exact) mass is 465 g/mol. The Morgan fingerprint density at radius 2 is 1.90 bits per heavy atom. The number of halogens is 1. The number of aryl methyl sites for hydroxylation is 1. The fraction of sp³-hybridized carbons (Fsp3) is 0.176. The first-order chi connectivity index (χ1) is 14.7. The van der Waals surface area contributed by atoms with Gasteiger partial charge in [-0.05, 0) is 43.3 Å². The number of hydrogen-bond donors (Lipinski definition) is 2. The molecule has 2 heterocycles. The van der Waals surface area contributed by atoms with E-state index in [2.05, 4.69) is 25.3 Å². The van der Waals surface area contributed by atoms with Gasteiger partial charge in [0.2, 0.25) is 5.91 Å². The summed E-state index contributed by atoms with van der Waals surface area (Å²) in [6.07, 6.45) is 1.16. The van der Waals surface area contributed by atoms with E-state index in [0.29, 0.717) is 11.4 Å². The largest absolute Gasteiger partial charge is 0.326 e. The number of nitrogens with zero attached hydrogens (tertiary/aromatic N) is 5. The van der Waals surface area contributed by atoms with Crippen LogP contribution in [0, 0.1) is 17.0 Å². The molecule has 0 saturated carbocycles. The van der Waals surface area contributed by atoms with Crippen molar-refractivity contribution >= 4 is 44.7 Å². The normalized spacial score (nSPS) is 11.2. The minimum atomic E-state index is -3.90. The molecule has 0 aliphatic heterocycles. The molecule has 0 aliphatic rings. The molecule has 0 aliphatic carbocycles. The highest BCUT2D eigenvalue weighted by Crippen LogP contribution is 2.19. The van der Waals surface area contributed by atoms with Crippen LogP contribution in [0.1, 0.15) is 12.1 Å². The lowest BCUT2D eigenvalue weighted by Crippen LogP contribution is -2.16. The van der Waals surface area contributed by atoms with E-state index in [1.165, 1.54) is 41.1 Å². The smallest absolute Gasteiger partial charge is 0.309 e. The van der Waals surface area contributed by atoms with Crippen LogP contribution in [0.25, 0.3) is 0 Å². The van der Waals surface area contributed by atoms with Crippen molar-refractivity contribution in [3.63, 3.8) is 0 Å². The van der Waals surface area contributed by atoms with Crippen LogP contribution in [-0.2, 0) is 21.4 Å². The molecule has 3 rings (SSSR count). The van der Waals surface area contributed by atoms with Crippen molar-refractivity contribution in [1.29, 1.82) is 0 Å². The summed E-state index contributed by atoms with van der Waals surface area (Å²) in [6, 6.07) is 8.28. The lowest BCUT2D eigenvalue weighted by Gasteiger charge is -2.09. The highest BCUT2D eigenvalue weighted by Gasteiger charge is 2.17. The second-order valence-corrected chi connectivity index (χ2v) is 8.33. The van der Waals surface area contributed by atoms with Crippen molar-refractivity contribution < 1.29 is 18.1 Å². The van der Waals surface area contributed by atoms with Crippen molar-refractivity contribution in [1.82, 2.24) is 20.0 Å². The topological polar surface area (TPSA) is 162 Å². The minimum absolute atomic E-state index is 0.0101. The van der Waals surface area contributed by atoms with Crippen molar-refractivity contribution in [3.8, 4) is 0 Å². The Balaban J connectivity index is 1.59. The van der Waals surface area contributed by atoms with Crippen LogP contribution in [0.5, 0.6) is 0 Å². The molecule has 0 radical (unpaired) electrons. The van der Waals surface area contributed by atoms with Crippen LogP contribution in [0.3, 0.4) is 0 Å². The summed E-state index contributed by atoms with van der Waals surface area (Å²) in [7, 11) is -3.90. The van der Waals surface area contributed by atoms with Crippen molar-refractivity contribution in [3.05, 3.63) is 63.6 Å². The quantitative estimate of drug-likeness (QED) is 0.378. The molecule has 12 nitrogen and oxygen atoms in total. The third-order valence-electron chi connectivity index (χ3n) is 4.14. The number of anilines is 2. The summed E-state index contributed by atoms with van der Waals surface area (Å²) in [5.74, 6) is -0.348. The number of benzene rings is 1. The minimum Gasteiger partial charge on any atom is -0.326 e. The SMILES string of the molecule is Cc1c([N+](=O)[O-])cnn1CCC(=O)Nc1ccc(S(=O)(=O)Nc2ccc(Cl)nn2)cc1. The third kappa shape index (κ3) is 5.52. The molecule has 0 atom stereocenters. The Morgan fingerprint density at radius 3 is 2.48 bits per heavy atom. The van der Waals surface area contributed by atoms with E-state index < -0.39 is 14.9 Å². The Hall–Kier alpha value is -3.58. The molecule has 2 aromatic heterocycles. The maximum absolute atomic E-state index is 12.4. The number of nitrogens with one attached hydrogen (secondary N) is 2. The van der Waals surface area contributed by atoms with E-state index in [4.69, 9.17) is 11.6 Å². The van der Waals surface area contributed by atoms with Crippen LogP contribution in [0.2, 0.25) is 5.15 Å². The molecule has 0 saturated heterocycles. The zero-order chi connectivity index (χ0) is 22.6. The van der Waals surface area contributed by atoms with Gasteiger partial charge in [0.1, 0.15) is 11.9 Å². The number of nitro groups is 1. The van der Waals surface area contributed by atoms with Gasteiger partial charge in [-0.3, -0.25) is 24.3 Å². The van der Waals surface area contributed by atoms with Gasteiger partial charge in [-0.15, -0.1) is 10.2 Å². The molecule has 1 amide bonds. The van der Waals surface area contributed by atoms with E-state index in [1.807, 2.05) is 0 Å². The summed E-state index contributed by atoms with van der Waals surface area (Å²) in [4.78, 5) is 22.4. The van der Waals surface area contributed by atoms with Crippen molar-refractivity contribution in [2.24, 2.45) is 0 Å². The second-order valence-electron chi connectivity index (χ2n) is 6.26. The predicted molar refractivity (Wildman–Crippen MR) is 111 cm³/mol. The summed E-state index contributed by atoms with van der Waals surface area (Å²) < 4.78 is 28.5. The molecular weight excluding hydrogens is 450 g/mol. The van der Waals surface area contributed by atoms with Crippen LogP contribution in [0.4, 0.5) is 17.2 Å². The fourth-order valence-electron chi connectivity index (χ4n) is 2.56. The summed E-state index contributed by atoms with van der Waals surface area (Å²) in [5, 5.41) is 24.7. The first kappa shape index (κ1) is 22.1. The first-order valence-electron chi connectivity index (χ1n) is 8.74. The number of carbonyl (C=O) groups is 1. The Labute approximate surface area is 181 Å². The van der Waals surface area contributed by atoms with Gasteiger partial charge in [-0.2, -0.15) is 5.10 Å². The molecule has 31 heavy (non-hydrogen) atoms. The van der Waals surface area contributed by atoms with E-state index >= 15 is 0 Å². The van der Waals surface area contributed by atoms with Crippen LogP contribution >= 0.6 is 11.6 Å². The first-order valence-corrected chi connectivity index (χ1v) is 10.6. The zero-order valence-corrected chi connectivity index (χ0v) is 17.6. The number of carbonyl (C=O) groups excluding carboxylic acids is 1. The second kappa shape index (κ2) is 9.06. The fourth-order valence-corrected chi connectivity index (χ4v) is 3.65. The number of sulfonamides is 1. The summed E-state index contributed by atoms with van der Waals surface area (Å²) in [6.45, 7) is 1.70. The highest BCUT2D eigenvalue weighted by atomic mass is 35.5. The van der Waals surface area contributed by atoms with E-state index in [0.717, 1.165) is 6.20 Å². The summed E-state index contributed by atoms with van der Waals surface area (Å²) in [5.41, 5.74) is 0.624. The lowest BCUT2D eigenvalue weighted by molar-refractivity contribution is -0.385. The predicted octanol–water partition coefficient (Wildman–Crippen LogP) is 2.37. The molecule has 0 unspecified atom stereocenters. The Bertz CT molecular complexity index is 1210. The zero-order valence-electron chi connectivity index (χ0n) is 16.0. The van der Waals surface area contributed by atoms with E-state index in [1.54, 1.807) is 6.92 Å². The molecule has 0 bridgehead atoms. The molecule has 2 N–H and O–H groups in total. The van der Waals surface area contributed by atoms with Crippen molar-refractivity contribution in [2.45, 2.75) is 24.8 Å². The molecular formula is C17H16ClN7O5S. The third-order valence-corrected chi connectivity index (χ3v) is 5.72. The maximum Gasteiger partial charge on any atom is 0.309 e. The lowest BCUT2D eigenvalue weighted by atomic mass is 10.3. The van der Waals surface area contributed by atoms with Gasteiger partial charge in [-0.1, -0.05) is 11.6 Å². The molecule has 1 aromatic carbocycles. The average molecular weight is 466 g/mol. The van der Waals surface area contributed by atoms with E-state index in [9.17, 15) is 23.3 Å². The van der Waals surface area contributed by atoms with Gasteiger partial charge in [-0.25, -0.2) is 8.42 Å². The van der Waals surface area contributed by atoms with E-state index in [-0.39, 0.29) is 40.4 Å².